The van der Waals surface area contributed by atoms with Gasteiger partial charge in [0.2, 0.25) is 0 Å². The van der Waals surface area contributed by atoms with Crippen molar-refractivity contribution >= 4 is 22.8 Å². The third-order valence-corrected chi connectivity index (χ3v) is 8.49. The van der Waals surface area contributed by atoms with E-state index in [9.17, 15) is 0 Å². The van der Waals surface area contributed by atoms with E-state index in [1.54, 1.807) is 6.33 Å². The molecule has 1 aromatic carbocycles. The highest BCUT2D eigenvalue weighted by Crippen LogP contribution is 2.39. The van der Waals surface area contributed by atoms with Gasteiger partial charge in [0.15, 0.2) is 5.65 Å². The number of H-pyrrole nitrogens is 1. The topological polar surface area (TPSA) is 95.1 Å². The van der Waals surface area contributed by atoms with Crippen LogP contribution in [0.15, 0.2) is 36.8 Å². The van der Waals surface area contributed by atoms with Crippen LogP contribution in [-0.2, 0) is 6.54 Å². The van der Waals surface area contributed by atoms with Crippen LogP contribution >= 0.6 is 0 Å². The maximum atomic E-state index is 6.16. The minimum Gasteiger partial charge on any atom is -0.491 e. The van der Waals surface area contributed by atoms with Crippen molar-refractivity contribution in [2.75, 3.05) is 43.5 Å². The van der Waals surface area contributed by atoms with Crippen LogP contribution in [0.4, 0.5) is 11.6 Å². The SMILES string of the molecule is Cc1c(NCCC2CCCN2C)ncnc1N1CCOc2ccc(-c3cnc4nc(C5CC5)[nH]c4c3)cc2C1. The molecule has 7 rings (SSSR count). The summed E-state index contributed by atoms with van der Waals surface area (Å²) in [4.78, 5) is 26.9. The highest BCUT2D eigenvalue weighted by atomic mass is 16.5. The maximum Gasteiger partial charge on any atom is 0.177 e. The molecule has 0 amide bonds. The van der Waals surface area contributed by atoms with Crippen molar-refractivity contribution in [2.24, 2.45) is 0 Å². The number of anilines is 2. The van der Waals surface area contributed by atoms with Crippen molar-refractivity contribution < 1.29 is 4.74 Å². The van der Waals surface area contributed by atoms with Gasteiger partial charge in [-0.25, -0.2) is 19.9 Å². The number of pyridine rings is 1. The molecule has 3 aliphatic rings. The van der Waals surface area contributed by atoms with Gasteiger partial charge in [-0.3, -0.25) is 0 Å². The zero-order chi connectivity index (χ0) is 26.3. The van der Waals surface area contributed by atoms with Crippen LogP contribution in [0.1, 0.15) is 55.0 Å². The van der Waals surface area contributed by atoms with Crippen LogP contribution < -0.4 is 15.0 Å². The number of hydrogen-bond acceptors (Lipinski definition) is 8. The summed E-state index contributed by atoms with van der Waals surface area (Å²) >= 11 is 0. The molecule has 3 aromatic heterocycles. The molecule has 1 saturated heterocycles. The number of imidazole rings is 1. The summed E-state index contributed by atoms with van der Waals surface area (Å²) in [6, 6.07) is 9.25. The molecule has 2 N–H and O–H groups in total. The molecule has 9 heteroatoms. The molecule has 0 spiro atoms. The number of fused-ring (bicyclic) bond motifs is 2. The first-order chi connectivity index (χ1) is 19.1. The third-order valence-electron chi connectivity index (χ3n) is 8.49. The van der Waals surface area contributed by atoms with E-state index in [1.807, 2.05) is 6.20 Å². The van der Waals surface area contributed by atoms with Gasteiger partial charge in [0.1, 0.15) is 36.1 Å². The van der Waals surface area contributed by atoms with Crippen molar-refractivity contribution in [3.63, 3.8) is 0 Å². The lowest BCUT2D eigenvalue weighted by Gasteiger charge is -2.24. The lowest BCUT2D eigenvalue weighted by molar-refractivity contribution is 0.301. The molecule has 1 atom stereocenters. The lowest BCUT2D eigenvalue weighted by atomic mass is 10.0. The molecular weight excluding hydrogens is 488 g/mol. The van der Waals surface area contributed by atoms with E-state index in [0.717, 1.165) is 82.7 Å². The first-order valence-corrected chi connectivity index (χ1v) is 14.2. The first-order valence-electron chi connectivity index (χ1n) is 14.2. The van der Waals surface area contributed by atoms with Gasteiger partial charge in [-0.1, -0.05) is 6.07 Å². The minimum atomic E-state index is 0.577. The Morgan fingerprint density at radius 1 is 1.08 bits per heavy atom. The second-order valence-electron chi connectivity index (χ2n) is 11.2. The Morgan fingerprint density at radius 3 is 2.85 bits per heavy atom. The van der Waals surface area contributed by atoms with Gasteiger partial charge >= 0.3 is 0 Å². The largest absolute Gasteiger partial charge is 0.491 e. The monoisotopic (exact) mass is 524 g/mol. The number of benzene rings is 1. The number of likely N-dealkylation sites (tertiary alicyclic amines) is 1. The number of aromatic amines is 1. The van der Waals surface area contributed by atoms with E-state index in [2.05, 4.69) is 73.3 Å². The van der Waals surface area contributed by atoms with Gasteiger partial charge in [0.05, 0.1) is 12.1 Å². The highest BCUT2D eigenvalue weighted by Gasteiger charge is 2.27. The van der Waals surface area contributed by atoms with Crippen molar-refractivity contribution in [3.05, 3.63) is 53.7 Å². The second kappa shape index (κ2) is 10.1. The summed E-state index contributed by atoms with van der Waals surface area (Å²) in [6.07, 6.45) is 9.75. The van der Waals surface area contributed by atoms with Gasteiger partial charge in [0.25, 0.3) is 0 Å². The molecule has 2 aliphatic heterocycles. The fraction of sp³-hybridized carbons (Fsp3) is 0.467. The number of aromatic nitrogens is 5. The minimum absolute atomic E-state index is 0.577. The molecular formula is C30H36N8O. The Hall–Kier alpha value is -3.72. The highest BCUT2D eigenvalue weighted by molar-refractivity contribution is 5.78. The fourth-order valence-corrected chi connectivity index (χ4v) is 6.02. The molecule has 5 heterocycles. The van der Waals surface area contributed by atoms with E-state index in [0.29, 0.717) is 18.6 Å². The number of rotatable bonds is 7. The number of nitrogens with one attached hydrogen (secondary N) is 2. The first kappa shape index (κ1) is 24.3. The predicted octanol–water partition coefficient (Wildman–Crippen LogP) is 4.90. The molecule has 1 unspecified atom stereocenters. The molecule has 39 heavy (non-hydrogen) atoms. The Bertz CT molecular complexity index is 1500. The zero-order valence-corrected chi connectivity index (χ0v) is 22.8. The predicted molar refractivity (Wildman–Crippen MR) is 153 cm³/mol. The van der Waals surface area contributed by atoms with E-state index < -0.39 is 0 Å². The van der Waals surface area contributed by atoms with E-state index in [1.165, 1.54) is 32.2 Å². The number of ether oxygens (including phenoxy) is 1. The summed E-state index contributed by atoms with van der Waals surface area (Å²) in [6.45, 7) is 6.33. The normalized spacial score (nSPS) is 19.6. The smallest absolute Gasteiger partial charge is 0.177 e. The fourth-order valence-electron chi connectivity index (χ4n) is 6.02. The Labute approximate surface area is 229 Å². The molecule has 1 saturated carbocycles. The molecule has 4 aromatic rings. The second-order valence-corrected chi connectivity index (χ2v) is 11.2. The van der Waals surface area contributed by atoms with E-state index in [-0.39, 0.29) is 0 Å². The average Bonchev–Trinajstić information content (AvgIpc) is 3.64. The molecule has 9 nitrogen and oxygen atoms in total. The van der Waals surface area contributed by atoms with Gasteiger partial charge in [-0.2, -0.15) is 0 Å². The van der Waals surface area contributed by atoms with Crippen LogP contribution in [0.25, 0.3) is 22.3 Å². The standard InChI is InChI=1S/C30H36N8O/c1-19-27(31-10-9-24-4-3-11-37(24)2)33-18-34-30(19)38-12-13-39-26-8-7-21(14-23(26)17-38)22-15-25-29(32-16-22)36-28(35-25)20-5-6-20/h7-8,14-16,18,20,24H,3-6,9-13,17H2,1-2H3,(H,31,33,34)(H,32,35,36). The van der Waals surface area contributed by atoms with E-state index >= 15 is 0 Å². The Morgan fingerprint density at radius 2 is 2.00 bits per heavy atom. The van der Waals surface area contributed by atoms with Crippen LogP contribution in [0.5, 0.6) is 5.75 Å². The van der Waals surface area contributed by atoms with Crippen LogP contribution in [0.2, 0.25) is 0 Å². The van der Waals surface area contributed by atoms with Crippen LogP contribution in [-0.4, -0.2) is 69.2 Å². The number of hydrogen-bond donors (Lipinski definition) is 2. The van der Waals surface area contributed by atoms with E-state index in [4.69, 9.17) is 9.72 Å². The molecule has 1 aliphatic carbocycles. The zero-order valence-electron chi connectivity index (χ0n) is 22.8. The number of nitrogens with zero attached hydrogens (tertiary/aromatic N) is 6. The van der Waals surface area contributed by atoms with Crippen molar-refractivity contribution in [1.29, 1.82) is 0 Å². The van der Waals surface area contributed by atoms with Gasteiger partial charge < -0.3 is 24.8 Å². The van der Waals surface area contributed by atoms with Crippen LogP contribution in [0.3, 0.4) is 0 Å². The van der Waals surface area contributed by atoms with Gasteiger partial charge in [-0.05, 0) is 76.4 Å². The summed E-state index contributed by atoms with van der Waals surface area (Å²) < 4.78 is 6.16. The van der Waals surface area contributed by atoms with Crippen molar-refractivity contribution in [3.8, 4) is 16.9 Å². The summed E-state index contributed by atoms with van der Waals surface area (Å²) in [5, 5.41) is 3.58. The maximum absolute atomic E-state index is 6.16. The summed E-state index contributed by atoms with van der Waals surface area (Å²) in [7, 11) is 2.23. The van der Waals surface area contributed by atoms with Gasteiger partial charge in [0, 0.05) is 47.9 Å². The summed E-state index contributed by atoms with van der Waals surface area (Å²) in [5.74, 6) is 4.46. The molecule has 0 radical (unpaired) electrons. The van der Waals surface area contributed by atoms with Crippen molar-refractivity contribution in [2.45, 2.75) is 57.5 Å². The van der Waals surface area contributed by atoms with Gasteiger partial charge in [-0.15, -0.1) is 0 Å². The third kappa shape index (κ3) is 4.91. The quantitative estimate of drug-likeness (QED) is 0.353. The average molecular weight is 525 g/mol. The van der Waals surface area contributed by atoms with Crippen molar-refractivity contribution in [1.82, 2.24) is 29.8 Å². The lowest BCUT2D eigenvalue weighted by Crippen LogP contribution is -2.28. The van der Waals surface area contributed by atoms with Crippen LogP contribution in [0, 0.1) is 6.92 Å². The molecule has 0 bridgehead atoms. The molecule has 2 fully saturated rings. The summed E-state index contributed by atoms with van der Waals surface area (Å²) in [5.41, 5.74) is 6.21. The Balaban J connectivity index is 1.10. The Kier molecular flexibility index (Phi) is 6.31. The molecule has 202 valence electrons.